The predicted molar refractivity (Wildman–Crippen MR) is 122 cm³/mol. The number of piperazine rings is 1. The Morgan fingerprint density at radius 3 is 2.68 bits per heavy atom. The Kier molecular flexibility index (Phi) is 6.22. The zero-order valence-corrected chi connectivity index (χ0v) is 18.3. The molecule has 1 saturated heterocycles. The number of nitrogens with one attached hydrogen (secondary N) is 2. The highest BCUT2D eigenvalue weighted by molar-refractivity contribution is 5.97. The minimum absolute atomic E-state index is 0.0419. The number of methoxy groups -OCH3 is 1. The molecule has 2 aromatic heterocycles. The molecule has 0 radical (unpaired) electrons. The molecule has 0 saturated carbocycles. The van der Waals surface area contributed by atoms with Gasteiger partial charge in [-0.2, -0.15) is 4.98 Å². The van der Waals surface area contributed by atoms with Crippen LogP contribution in [0.15, 0.2) is 36.5 Å². The van der Waals surface area contributed by atoms with Gasteiger partial charge in [0.25, 0.3) is 5.91 Å². The monoisotopic (exact) mass is 423 g/mol. The topological polar surface area (TPSA) is 87.0 Å². The maximum atomic E-state index is 12.7. The highest BCUT2D eigenvalue weighted by Crippen LogP contribution is 2.26. The molecular formula is C22H29N7O2. The van der Waals surface area contributed by atoms with E-state index in [1.165, 1.54) is 0 Å². The molecule has 0 aliphatic carbocycles. The molecule has 0 atom stereocenters. The molecular weight excluding hydrogens is 394 g/mol. The molecule has 3 aromatic rings. The second-order valence-electron chi connectivity index (χ2n) is 7.38. The minimum atomic E-state index is -0.0419. The third kappa shape index (κ3) is 4.41. The summed E-state index contributed by atoms with van der Waals surface area (Å²) in [5.41, 5.74) is 3.19. The largest absolute Gasteiger partial charge is 0.496 e. The van der Waals surface area contributed by atoms with Crippen LogP contribution in [0, 0.1) is 0 Å². The molecule has 1 aliphatic rings. The van der Waals surface area contributed by atoms with Gasteiger partial charge in [0.2, 0.25) is 5.95 Å². The van der Waals surface area contributed by atoms with Crippen LogP contribution in [0.1, 0.15) is 24.2 Å². The number of pyridine rings is 1. The Morgan fingerprint density at radius 1 is 1.19 bits per heavy atom. The van der Waals surface area contributed by atoms with Gasteiger partial charge < -0.3 is 25.2 Å². The summed E-state index contributed by atoms with van der Waals surface area (Å²) >= 11 is 0. The summed E-state index contributed by atoms with van der Waals surface area (Å²) in [6.45, 7) is 9.15. The number of benzene rings is 1. The molecule has 0 unspecified atom stereocenters. The number of hydrogen-bond acceptors (Lipinski definition) is 7. The Labute approximate surface area is 182 Å². The maximum Gasteiger partial charge on any atom is 0.257 e. The van der Waals surface area contributed by atoms with Crippen LogP contribution in [0.25, 0.3) is 5.65 Å². The maximum absolute atomic E-state index is 12.7. The van der Waals surface area contributed by atoms with E-state index in [1.54, 1.807) is 28.7 Å². The van der Waals surface area contributed by atoms with Gasteiger partial charge in [-0.15, -0.1) is 5.10 Å². The van der Waals surface area contributed by atoms with Gasteiger partial charge in [0.05, 0.1) is 24.6 Å². The quantitative estimate of drug-likeness (QED) is 0.603. The van der Waals surface area contributed by atoms with Crippen molar-refractivity contribution in [3.05, 3.63) is 42.1 Å². The average molecular weight is 424 g/mol. The lowest BCUT2D eigenvalue weighted by Gasteiger charge is -2.29. The molecule has 0 bridgehead atoms. The van der Waals surface area contributed by atoms with Gasteiger partial charge in [-0.1, -0.05) is 0 Å². The molecule has 1 fully saturated rings. The number of fused-ring (bicyclic) bond motifs is 1. The number of amides is 1. The molecule has 164 valence electrons. The summed E-state index contributed by atoms with van der Waals surface area (Å²) < 4.78 is 7.27. The molecule has 31 heavy (non-hydrogen) atoms. The van der Waals surface area contributed by atoms with Gasteiger partial charge in [0.1, 0.15) is 5.75 Å². The van der Waals surface area contributed by atoms with Crippen molar-refractivity contribution in [1.82, 2.24) is 24.8 Å². The first-order chi connectivity index (χ1) is 15.1. The zero-order chi connectivity index (χ0) is 21.8. The lowest BCUT2D eigenvalue weighted by molar-refractivity contribution is 0.0769. The Morgan fingerprint density at radius 2 is 1.97 bits per heavy atom. The lowest BCUT2D eigenvalue weighted by atomic mass is 10.1. The molecule has 1 aliphatic heterocycles. The van der Waals surface area contributed by atoms with E-state index in [1.807, 2.05) is 32.2 Å². The van der Waals surface area contributed by atoms with Crippen LogP contribution >= 0.6 is 0 Å². The molecule has 9 heteroatoms. The summed E-state index contributed by atoms with van der Waals surface area (Å²) in [7, 11) is 1.57. The number of hydrogen-bond donors (Lipinski definition) is 2. The number of nitrogens with zero attached hydrogens (tertiary/aromatic N) is 5. The van der Waals surface area contributed by atoms with Crippen molar-refractivity contribution in [2.45, 2.75) is 13.8 Å². The van der Waals surface area contributed by atoms with Crippen molar-refractivity contribution in [1.29, 1.82) is 0 Å². The molecule has 0 spiro atoms. The van der Waals surface area contributed by atoms with Crippen LogP contribution in [0.3, 0.4) is 0 Å². The van der Waals surface area contributed by atoms with Crippen LogP contribution in [0.4, 0.5) is 17.3 Å². The van der Waals surface area contributed by atoms with E-state index < -0.39 is 0 Å². The van der Waals surface area contributed by atoms with Gasteiger partial charge in [-0.05, 0) is 38.1 Å². The van der Waals surface area contributed by atoms with Crippen LogP contribution in [-0.4, -0.2) is 71.8 Å². The van der Waals surface area contributed by atoms with Gasteiger partial charge in [-0.25, -0.2) is 4.52 Å². The molecule has 2 N–H and O–H groups in total. The third-order valence-electron chi connectivity index (χ3n) is 5.54. The van der Waals surface area contributed by atoms with E-state index in [0.29, 0.717) is 30.4 Å². The standard InChI is InChI=1S/C22H29N7O2/c1-4-27(5-2)21(30)18-8-6-16(14-19(18)31-3)24-22-25-20-9-7-17(15-29(20)26-22)28-12-10-23-11-13-28/h6-9,14-15,23H,4-5,10-13H2,1-3H3,(H,24,26). The zero-order valence-electron chi connectivity index (χ0n) is 18.3. The van der Waals surface area contributed by atoms with Crippen LogP contribution in [0.5, 0.6) is 5.75 Å². The average Bonchev–Trinajstić information content (AvgIpc) is 3.21. The van der Waals surface area contributed by atoms with Gasteiger partial charge >= 0.3 is 0 Å². The Bertz CT molecular complexity index is 1060. The minimum Gasteiger partial charge on any atom is -0.496 e. The second-order valence-corrected chi connectivity index (χ2v) is 7.38. The number of rotatable bonds is 7. The van der Waals surface area contributed by atoms with Crippen LogP contribution < -0.4 is 20.3 Å². The van der Waals surface area contributed by atoms with Crippen molar-refractivity contribution >= 4 is 28.9 Å². The SMILES string of the molecule is CCN(CC)C(=O)c1ccc(Nc2nc3ccc(N4CCNCC4)cn3n2)cc1OC. The predicted octanol–water partition coefficient (Wildman–Crippen LogP) is 2.37. The van der Waals surface area contributed by atoms with E-state index in [2.05, 4.69) is 31.7 Å². The van der Waals surface area contributed by atoms with Crippen molar-refractivity contribution in [2.75, 3.05) is 56.6 Å². The van der Waals surface area contributed by atoms with E-state index in [-0.39, 0.29) is 5.91 Å². The van der Waals surface area contributed by atoms with E-state index in [4.69, 9.17) is 4.74 Å². The number of carbonyl (C=O) groups excluding carboxylic acids is 1. The van der Waals surface area contributed by atoms with E-state index >= 15 is 0 Å². The molecule has 9 nitrogen and oxygen atoms in total. The van der Waals surface area contributed by atoms with E-state index in [0.717, 1.165) is 43.2 Å². The fourth-order valence-electron chi connectivity index (χ4n) is 3.79. The Hall–Kier alpha value is -3.33. The van der Waals surface area contributed by atoms with Crippen molar-refractivity contribution in [2.24, 2.45) is 0 Å². The summed E-state index contributed by atoms with van der Waals surface area (Å²) in [6.07, 6.45) is 2.01. The number of ether oxygens (including phenoxy) is 1. The smallest absolute Gasteiger partial charge is 0.257 e. The van der Waals surface area contributed by atoms with Gasteiger partial charge in [0.15, 0.2) is 5.65 Å². The molecule has 1 amide bonds. The first-order valence-electron chi connectivity index (χ1n) is 10.7. The number of aromatic nitrogens is 3. The van der Waals surface area contributed by atoms with Crippen molar-refractivity contribution in [3.8, 4) is 5.75 Å². The summed E-state index contributed by atoms with van der Waals surface area (Å²) in [4.78, 5) is 21.4. The molecule has 1 aromatic carbocycles. The summed E-state index contributed by atoms with van der Waals surface area (Å²) in [6, 6.07) is 9.48. The van der Waals surface area contributed by atoms with Crippen LogP contribution in [-0.2, 0) is 0 Å². The van der Waals surface area contributed by atoms with Crippen molar-refractivity contribution < 1.29 is 9.53 Å². The first kappa shape index (κ1) is 20.9. The Balaban J connectivity index is 1.55. The highest BCUT2D eigenvalue weighted by Gasteiger charge is 2.18. The van der Waals surface area contributed by atoms with Crippen molar-refractivity contribution in [3.63, 3.8) is 0 Å². The molecule has 4 rings (SSSR count). The lowest BCUT2D eigenvalue weighted by Crippen LogP contribution is -2.43. The normalized spacial score (nSPS) is 14.0. The first-order valence-corrected chi connectivity index (χ1v) is 10.7. The summed E-state index contributed by atoms with van der Waals surface area (Å²) in [5, 5.41) is 11.2. The number of carbonyl (C=O) groups is 1. The highest BCUT2D eigenvalue weighted by atomic mass is 16.5. The van der Waals surface area contributed by atoms with Gasteiger partial charge in [0, 0.05) is 51.0 Å². The fraction of sp³-hybridized carbons (Fsp3) is 0.409. The molecule has 3 heterocycles. The second kappa shape index (κ2) is 9.22. The number of anilines is 3. The van der Waals surface area contributed by atoms with Gasteiger partial charge in [-0.3, -0.25) is 4.79 Å². The van der Waals surface area contributed by atoms with E-state index in [9.17, 15) is 4.79 Å². The van der Waals surface area contributed by atoms with Crippen LogP contribution in [0.2, 0.25) is 0 Å². The third-order valence-corrected chi connectivity index (χ3v) is 5.54. The summed E-state index contributed by atoms with van der Waals surface area (Å²) in [5.74, 6) is 0.966. The fourth-order valence-corrected chi connectivity index (χ4v) is 3.79.